The topological polar surface area (TPSA) is 38.8 Å². The predicted molar refractivity (Wildman–Crippen MR) is 103 cm³/mol. The number of nitrogens with zero attached hydrogens (tertiary/aromatic N) is 3. The number of likely N-dealkylation sites (tertiary alicyclic amines) is 2. The summed E-state index contributed by atoms with van der Waals surface area (Å²) in [6.45, 7) is 12.2. The van der Waals surface area contributed by atoms with Crippen LogP contribution in [0.5, 0.6) is 0 Å². The molecule has 24 heavy (non-hydrogen) atoms. The number of hydrogen-bond acceptors (Lipinski definition) is 5. The van der Waals surface area contributed by atoms with Crippen LogP contribution >= 0.6 is 12.6 Å². The Bertz CT molecular complexity index is 413. The number of carbonyl (C=O) groups is 1. The summed E-state index contributed by atoms with van der Waals surface area (Å²) < 4.78 is 0. The zero-order valence-corrected chi connectivity index (χ0v) is 17.0. The van der Waals surface area contributed by atoms with Crippen LogP contribution in [-0.2, 0) is 4.79 Å². The number of hydrogen-bond donors (Lipinski definition) is 2. The summed E-state index contributed by atoms with van der Waals surface area (Å²) in [7, 11) is 4.28. The van der Waals surface area contributed by atoms with Gasteiger partial charge in [-0.25, -0.2) is 0 Å². The summed E-state index contributed by atoms with van der Waals surface area (Å²) in [4.78, 5) is 20.1. The van der Waals surface area contributed by atoms with Crippen molar-refractivity contribution in [3.8, 4) is 0 Å². The summed E-state index contributed by atoms with van der Waals surface area (Å²) in [6.07, 6.45) is 1.87. The molecule has 5 nitrogen and oxygen atoms in total. The highest BCUT2D eigenvalue weighted by atomic mass is 32.1. The van der Waals surface area contributed by atoms with Crippen LogP contribution in [0.25, 0.3) is 0 Å². The molecule has 2 fully saturated rings. The molecule has 2 aliphatic heterocycles. The van der Waals surface area contributed by atoms with Crippen LogP contribution in [0.15, 0.2) is 0 Å². The van der Waals surface area contributed by atoms with E-state index in [4.69, 9.17) is 0 Å². The lowest BCUT2D eigenvalue weighted by Gasteiger charge is -2.49. The summed E-state index contributed by atoms with van der Waals surface area (Å²) >= 11 is 4.56. The summed E-state index contributed by atoms with van der Waals surface area (Å²) in [6, 6.07) is 0.637. The monoisotopic (exact) mass is 356 g/mol. The van der Waals surface area contributed by atoms with E-state index in [1.807, 2.05) is 0 Å². The molecule has 2 rings (SSSR count). The maximum absolute atomic E-state index is 13.0. The van der Waals surface area contributed by atoms with Gasteiger partial charge < -0.3 is 10.2 Å². The van der Waals surface area contributed by atoms with E-state index in [-0.39, 0.29) is 16.7 Å². The van der Waals surface area contributed by atoms with Gasteiger partial charge in [0.15, 0.2) is 0 Å². The van der Waals surface area contributed by atoms with Gasteiger partial charge in [-0.3, -0.25) is 14.6 Å². The first kappa shape index (κ1) is 20.0. The largest absolute Gasteiger partial charge is 0.355 e. The molecule has 0 aromatic carbocycles. The third-order valence-corrected chi connectivity index (χ3v) is 5.96. The minimum atomic E-state index is -0.231. The lowest BCUT2D eigenvalue weighted by Crippen LogP contribution is -2.63. The molecule has 0 aromatic heterocycles. The number of rotatable bonds is 7. The number of amides is 1. The van der Waals surface area contributed by atoms with E-state index < -0.39 is 0 Å². The maximum atomic E-state index is 13.0. The average molecular weight is 357 g/mol. The van der Waals surface area contributed by atoms with E-state index in [9.17, 15) is 4.79 Å². The van der Waals surface area contributed by atoms with Gasteiger partial charge in [-0.15, -0.1) is 0 Å². The fourth-order valence-corrected chi connectivity index (χ4v) is 3.92. The molecule has 0 aliphatic carbocycles. The highest BCUT2D eigenvalue weighted by Gasteiger charge is 2.45. The Labute approximate surface area is 153 Å². The lowest BCUT2D eigenvalue weighted by molar-refractivity contribution is -0.137. The Balaban J connectivity index is 1.98. The van der Waals surface area contributed by atoms with Gasteiger partial charge in [-0.05, 0) is 39.8 Å². The first-order valence-corrected chi connectivity index (χ1v) is 9.84. The van der Waals surface area contributed by atoms with Gasteiger partial charge in [0.2, 0.25) is 5.91 Å². The Kier molecular flexibility index (Phi) is 7.00. The van der Waals surface area contributed by atoms with Crippen LogP contribution in [0, 0.1) is 11.3 Å². The quantitative estimate of drug-likeness (QED) is 0.676. The molecular formula is C18H36N4OS. The van der Waals surface area contributed by atoms with E-state index in [0.29, 0.717) is 12.0 Å². The third-order valence-electron chi connectivity index (χ3n) is 5.63. The van der Waals surface area contributed by atoms with Crippen LogP contribution in [0.2, 0.25) is 0 Å². The van der Waals surface area contributed by atoms with Gasteiger partial charge in [0.25, 0.3) is 0 Å². The van der Waals surface area contributed by atoms with E-state index >= 15 is 0 Å². The van der Waals surface area contributed by atoms with Crippen LogP contribution in [0.3, 0.4) is 0 Å². The first-order valence-electron chi connectivity index (χ1n) is 9.33. The number of likely N-dealkylation sites (N-methyl/N-ethyl adjacent to an activating group) is 1. The molecule has 2 aliphatic rings. The van der Waals surface area contributed by atoms with E-state index in [0.717, 1.165) is 52.1 Å². The second-order valence-corrected chi connectivity index (χ2v) is 9.11. The smallest absolute Gasteiger partial charge is 0.227 e. The normalized spacial score (nSPS) is 24.2. The van der Waals surface area contributed by atoms with Crippen LogP contribution in [0.1, 0.15) is 33.6 Å². The molecule has 1 unspecified atom stereocenters. The molecule has 0 radical (unpaired) electrons. The number of nitrogens with one attached hydrogen (secondary N) is 1. The summed E-state index contributed by atoms with van der Waals surface area (Å²) in [5.41, 5.74) is -0.231. The van der Waals surface area contributed by atoms with Crippen LogP contribution in [-0.4, -0.2) is 85.4 Å². The second-order valence-electron chi connectivity index (χ2n) is 8.36. The predicted octanol–water partition coefficient (Wildman–Crippen LogP) is 1.36. The third kappa shape index (κ3) is 4.87. The van der Waals surface area contributed by atoms with E-state index in [1.54, 1.807) is 0 Å². The number of piperidine rings is 1. The molecule has 0 bridgehead atoms. The molecule has 6 heteroatoms. The standard InChI is InChI=1S/C18H36N4OS/c1-14(2)10-19-17(23)18(6-8-22(9-7-18)15(3)24)13-21-11-16(12-21)20(4)5/h14-16,24H,6-13H2,1-5H3,(H,19,23). The van der Waals surface area contributed by atoms with Gasteiger partial charge in [-0.1, -0.05) is 13.8 Å². The van der Waals surface area contributed by atoms with Crippen molar-refractivity contribution in [1.82, 2.24) is 20.0 Å². The van der Waals surface area contributed by atoms with Crippen molar-refractivity contribution in [1.29, 1.82) is 0 Å². The van der Waals surface area contributed by atoms with Crippen molar-refractivity contribution < 1.29 is 4.79 Å². The Morgan fingerprint density at radius 1 is 1.25 bits per heavy atom. The van der Waals surface area contributed by atoms with Crippen molar-refractivity contribution >= 4 is 18.5 Å². The second kappa shape index (κ2) is 8.39. The van der Waals surface area contributed by atoms with Crippen molar-refractivity contribution in [2.24, 2.45) is 11.3 Å². The SMILES string of the molecule is CC(C)CNC(=O)C1(CN2CC(N(C)C)C2)CCN(C(C)S)CC1. The lowest BCUT2D eigenvalue weighted by atomic mass is 9.76. The van der Waals surface area contributed by atoms with Gasteiger partial charge in [0.1, 0.15) is 0 Å². The van der Waals surface area contributed by atoms with E-state index in [2.05, 4.69) is 67.5 Å². The van der Waals surface area contributed by atoms with Gasteiger partial charge in [0.05, 0.1) is 5.41 Å². The van der Waals surface area contributed by atoms with Crippen molar-refractivity contribution in [3.05, 3.63) is 0 Å². The van der Waals surface area contributed by atoms with Gasteiger partial charge in [-0.2, -0.15) is 12.6 Å². The zero-order chi connectivity index (χ0) is 17.9. The highest BCUT2D eigenvalue weighted by Crippen LogP contribution is 2.35. The van der Waals surface area contributed by atoms with E-state index in [1.165, 1.54) is 0 Å². The Hall–Kier alpha value is -0.300. The first-order chi connectivity index (χ1) is 11.2. The maximum Gasteiger partial charge on any atom is 0.227 e. The zero-order valence-electron chi connectivity index (χ0n) is 16.1. The minimum Gasteiger partial charge on any atom is -0.355 e. The number of thiol groups is 1. The fourth-order valence-electron chi connectivity index (χ4n) is 3.69. The highest BCUT2D eigenvalue weighted by molar-refractivity contribution is 7.80. The molecule has 140 valence electrons. The van der Waals surface area contributed by atoms with Crippen LogP contribution in [0.4, 0.5) is 0 Å². The molecule has 0 saturated carbocycles. The molecule has 0 spiro atoms. The molecule has 1 amide bonds. The summed E-state index contributed by atoms with van der Waals surface area (Å²) in [5, 5.41) is 3.48. The molecule has 2 saturated heterocycles. The Morgan fingerprint density at radius 3 is 2.29 bits per heavy atom. The van der Waals surface area contributed by atoms with Gasteiger partial charge in [0, 0.05) is 50.7 Å². The number of carbonyl (C=O) groups excluding carboxylic acids is 1. The van der Waals surface area contributed by atoms with Gasteiger partial charge >= 0.3 is 0 Å². The minimum absolute atomic E-state index is 0.231. The summed E-state index contributed by atoms with van der Waals surface area (Å²) in [5.74, 6) is 0.752. The average Bonchev–Trinajstić information content (AvgIpc) is 2.47. The van der Waals surface area contributed by atoms with Crippen molar-refractivity contribution in [2.75, 3.05) is 53.4 Å². The fraction of sp³-hybridized carbons (Fsp3) is 0.944. The van der Waals surface area contributed by atoms with Crippen molar-refractivity contribution in [2.45, 2.75) is 45.0 Å². The molecule has 0 aromatic rings. The molecule has 1 atom stereocenters. The molecule has 2 heterocycles. The molecular weight excluding hydrogens is 320 g/mol. The van der Waals surface area contributed by atoms with Crippen molar-refractivity contribution in [3.63, 3.8) is 0 Å². The Morgan fingerprint density at radius 2 is 1.83 bits per heavy atom. The molecule has 1 N–H and O–H groups in total. The van der Waals surface area contributed by atoms with Crippen LogP contribution < -0.4 is 5.32 Å².